The summed E-state index contributed by atoms with van der Waals surface area (Å²) in [7, 11) is 0. The molecule has 26 heavy (non-hydrogen) atoms. The molecule has 0 aliphatic heterocycles. The SMILES string of the molecule is Cc1ccc(C#Cc2c(-c3ccc(C)cc3)oc3ccc(O)cc23)cc1. The van der Waals surface area contributed by atoms with Gasteiger partial charge in [0.2, 0.25) is 0 Å². The van der Waals surface area contributed by atoms with Crippen molar-refractivity contribution in [1.82, 2.24) is 0 Å². The zero-order valence-corrected chi connectivity index (χ0v) is 14.7. The van der Waals surface area contributed by atoms with Gasteiger partial charge in [-0.15, -0.1) is 0 Å². The van der Waals surface area contributed by atoms with E-state index < -0.39 is 0 Å². The van der Waals surface area contributed by atoms with Crippen molar-refractivity contribution >= 4 is 11.0 Å². The molecule has 3 aromatic carbocycles. The van der Waals surface area contributed by atoms with Crippen LogP contribution in [0.25, 0.3) is 22.3 Å². The van der Waals surface area contributed by atoms with Crippen LogP contribution in [-0.4, -0.2) is 5.11 Å². The van der Waals surface area contributed by atoms with Crippen LogP contribution in [0.4, 0.5) is 0 Å². The number of rotatable bonds is 1. The van der Waals surface area contributed by atoms with Gasteiger partial charge in [0, 0.05) is 16.5 Å². The van der Waals surface area contributed by atoms with Crippen molar-refractivity contribution in [1.29, 1.82) is 0 Å². The number of fused-ring (bicyclic) bond motifs is 1. The Balaban J connectivity index is 1.91. The summed E-state index contributed by atoms with van der Waals surface area (Å²) in [5.74, 6) is 7.40. The second-order valence-electron chi connectivity index (χ2n) is 6.47. The molecule has 0 aliphatic carbocycles. The normalized spacial score (nSPS) is 10.5. The van der Waals surface area contributed by atoms with E-state index in [1.54, 1.807) is 18.2 Å². The third kappa shape index (κ3) is 3.08. The number of hydrogen-bond acceptors (Lipinski definition) is 2. The molecule has 0 spiro atoms. The van der Waals surface area contributed by atoms with Gasteiger partial charge in [0.15, 0.2) is 5.76 Å². The molecule has 2 heteroatoms. The third-order valence-corrected chi connectivity index (χ3v) is 4.37. The predicted molar refractivity (Wildman–Crippen MR) is 105 cm³/mol. The Labute approximate surface area is 152 Å². The Morgan fingerprint density at radius 3 is 2.12 bits per heavy atom. The fourth-order valence-corrected chi connectivity index (χ4v) is 2.89. The summed E-state index contributed by atoms with van der Waals surface area (Å²) in [5, 5.41) is 10.7. The van der Waals surface area contributed by atoms with E-state index >= 15 is 0 Å². The lowest BCUT2D eigenvalue weighted by Gasteiger charge is -1.99. The summed E-state index contributed by atoms with van der Waals surface area (Å²) in [4.78, 5) is 0. The molecule has 0 radical (unpaired) electrons. The van der Waals surface area contributed by atoms with E-state index in [2.05, 4.69) is 37.8 Å². The van der Waals surface area contributed by atoms with Gasteiger partial charge in [0.25, 0.3) is 0 Å². The molecule has 0 unspecified atom stereocenters. The average molecular weight is 338 g/mol. The standard InChI is InChI=1S/C24H18O2/c1-16-3-7-18(8-4-16)9-13-21-22-15-20(25)12-14-23(22)26-24(21)19-10-5-17(2)6-11-19/h3-8,10-12,14-15,25H,1-2H3. The second-order valence-corrected chi connectivity index (χ2v) is 6.47. The van der Waals surface area contributed by atoms with Crippen LogP contribution in [0.5, 0.6) is 5.75 Å². The number of hydrogen-bond donors (Lipinski definition) is 1. The zero-order chi connectivity index (χ0) is 18.1. The lowest BCUT2D eigenvalue weighted by molar-refractivity contribution is 0.476. The Kier molecular flexibility index (Phi) is 3.99. The molecule has 4 aromatic rings. The molecule has 0 fully saturated rings. The number of furan rings is 1. The minimum absolute atomic E-state index is 0.201. The van der Waals surface area contributed by atoms with Crippen molar-refractivity contribution in [3.05, 3.63) is 89.0 Å². The minimum Gasteiger partial charge on any atom is -0.508 e. The fraction of sp³-hybridized carbons (Fsp3) is 0.0833. The first-order valence-electron chi connectivity index (χ1n) is 8.51. The maximum atomic E-state index is 9.90. The number of phenolic OH excluding ortho intramolecular Hbond substituents is 1. The number of benzene rings is 3. The van der Waals surface area contributed by atoms with Gasteiger partial charge >= 0.3 is 0 Å². The molecule has 0 atom stereocenters. The molecular weight excluding hydrogens is 320 g/mol. The van der Waals surface area contributed by atoms with Crippen LogP contribution < -0.4 is 0 Å². The molecule has 1 heterocycles. The Hall–Kier alpha value is -3.44. The third-order valence-electron chi connectivity index (χ3n) is 4.37. The van der Waals surface area contributed by atoms with Gasteiger partial charge in [-0.1, -0.05) is 59.4 Å². The van der Waals surface area contributed by atoms with Gasteiger partial charge in [-0.05, 0) is 44.2 Å². The van der Waals surface area contributed by atoms with Crippen molar-refractivity contribution < 1.29 is 9.52 Å². The van der Waals surface area contributed by atoms with Crippen LogP contribution in [0.2, 0.25) is 0 Å². The van der Waals surface area contributed by atoms with Crippen molar-refractivity contribution in [3.63, 3.8) is 0 Å². The quantitative estimate of drug-likeness (QED) is 0.444. The maximum absolute atomic E-state index is 9.90. The van der Waals surface area contributed by atoms with Gasteiger partial charge < -0.3 is 9.52 Å². The fourth-order valence-electron chi connectivity index (χ4n) is 2.89. The van der Waals surface area contributed by atoms with Crippen molar-refractivity contribution in [3.8, 4) is 28.9 Å². The van der Waals surface area contributed by atoms with Gasteiger partial charge in [-0.3, -0.25) is 0 Å². The molecule has 0 saturated heterocycles. The molecule has 1 N–H and O–H groups in total. The van der Waals surface area contributed by atoms with Crippen LogP contribution in [0.3, 0.4) is 0 Å². The summed E-state index contributed by atoms with van der Waals surface area (Å²) in [5.41, 5.74) is 5.82. The lowest BCUT2D eigenvalue weighted by atomic mass is 10.0. The Morgan fingerprint density at radius 2 is 1.42 bits per heavy atom. The van der Waals surface area contributed by atoms with Crippen molar-refractivity contribution in [2.24, 2.45) is 0 Å². The zero-order valence-electron chi connectivity index (χ0n) is 14.7. The minimum atomic E-state index is 0.201. The summed E-state index contributed by atoms with van der Waals surface area (Å²) in [6, 6.07) is 21.4. The number of aryl methyl sites for hydroxylation is 2. The van der Waals surface area contributed by atoms with Gasteiger partial charge in [0.05, 0.1) is 5.56 Å². The molecular formula is C24H18O2. The largest absolute Gasteiger partial charge is 0.508 e. The van der Waals surface area contributed by atoms with Crippen LogP contribution >= 0.6 is 0 Å². The highest BCUT2D eigenvalue weighted by Gasteiger charge is 2.15. The summed E-state index contributed by atoms with van der Waals surface area (Å²) >= 11 is 0. The lowest BCUT2D eigenvalue weighted by Crippen LogP contribution is -1.81. The average Bonchev–Trinajstić information content (AvgIpc) is 2.99. The van der Waals surface area contributed by atoms with Gasteiger partial charge in [0.1, 0.15) is 11.3 Å². The van der Waals surface area contributed by atoms with Gasteiger partial charge in [-0.25, -0.2) is 0 Å². The highest BCUT2D eigenvalue weighted by Crippen LogP contribution is 2.35. The molecule has 0 saturated carbocycles. The summed E-state index contributed by atoms with van der Waals surface area (Å²) in [6.45, 7) is 4.11. The van der Waals surface area contributed by atoms with Crippen LogP contribution in [0, 0.1) is 25.7 Å². The topological polar surface area (TPSA) is 33.4 Å². The first kappa shape index (κ1) is 16.1. The van der Waals surface area contributed by atoms with Crippen molar-refractivity contribution in [2.45, 2.75) is 13.8 Å². The molecule has 2 nitrogen and oxygen atoms in total. The number of aromatic hydroxyl groups is 1. The monoisotopic (exact) mass is 338 g/mol. The Bertz CT molecular complexity index is 1140. The molecule has 126 valence electrons. The molecule has 0 amide bonds. The molecule has 4 rings (SSSR count). The first-order valence-corrected chi connectivity index (χ1v) is 8.51. The second kappa shape index (κ2) is 6.46. The first-order chi connectivity index (χ1) is 12.6. The smallest absolute Gasteiger partial charge is 0.151 e. The van der Waals surface area contributed by atoms with Crippen molar-refractivity contribution in [2.75, 3.05) is 0 Å². The molecule has 0 bridgehead atoms. The van der Waals surface area contributed by atoms with E-state index in [-0.39, 0.29) is 5.75 Å². The molecule has 0 aliphatic rings. The van der Waals surface area contributed by atoms with Gasteiger partial charge in [-0.2, -0.15) is 0 Å². The van der Waals surface area contributed by atoms with E-state index in [0.717, 1.165) is 27.8 Å². The predicted octanol–water partition coefficient (Wildman–Crippen LogP) is 5.82. The maximum Gasteiger partial charge on any atom is 0.151 e. The van der Waals surface area contributed by atoms with Crippen LogP contribution in [0.15, 0.2) is 71.1 Å². The highest BCUT2D eigenvalue weighted by atomic mass is 16.3. The van der Waals surface area contributed by atoms with E-state index in [9.17, 15) is 5.11 Å². The van der Waals surface area contributed by atoms with Crippen LogP contribution in [0.1, 0.15) is 22.3 Å². The summed E-state index contributed by atoms with van der Waals surface area (Å²) < 4.78 is 6.07. The van der Waals surface area contributed by atoms with E-state index in [1.165, 1.54) is 11.1 Å². The van der Waals surface area contributed by atoms with E-state index in [4.69, 9.17) is 4.42 Å². The Morgan fingerprint density at radius 1 is 0.769 bits per heavy atom. The molecule has 1 aromatic heterocycles. The van der Waals surface area contributed by atoms with E-state index in [1.807, 2.05) is 36.4 Å². The highest BCUT2D eigenvalue weighted by molar-refractivity contribution is 5.92. The number of phenols is 1. The van der Waals surface area contributed by atoms with E-state index in [0.29, 0.717) is 5.58 Å². The summed E-state index contributed by atoms with van der Waals surface area (Å²) in [6.07, 6.45) is 0. The van der Waals surface area contributed by atoms with Crippen LogP contribution in [-0.2, 0) is 0 Å².